The van der Waals surface area contributed by atoms with Crippen LogP contribution < -0.4 is 9.62 Å². The molecular formula is C36H40FN3O4S. The maximum absolute atomic E-state index is 15.0. The lowest BCUT2D eigenvalue weighted by atomic mass is 10.0. The lowest BCUT2D eigenvalue weighted by Crippen LogP contribution is -2.54. The van der Waals surface area contributed by atoms with Gasteiger partial charge in [0.05, 0.1) is 10.6 Å². The van der Waals surface area contributed by atoms with Crippen molar-refractivity contribution in [1.82, 2.24) is 10.2 Å². The van der Waals surface area contributed by atoms with E-state index in [0.717, 1.165) is 21.0 Å². The minimum absolute atomic E-state index is 0.0277. The van der Waals surface area contributed by atoms with Gasteiger partial charge in [-0.1, -0.05) is 83.9 Å². The molecule has 0 spiro atoms. The van der Waals surface area contributed by atoms with Gasteiger partial charge in [0.1, 0.15) is 18.4 Å². The molecule has 9 heteroatoms. The Morgan fingerprint density at radius 3 is 2.07 bits per heavy atom. The van der Waals surface area contributed by atoms with Gasteiger partial charge in [-0.05, 0) is 70.0 Å². The zero-order valence-corrected chi connectivity index (χ0v) is 27.1. The Hall–Kier alpha value is -4.50. The van der Waals surface area contributed by atoms with Crippen molar-refractivity contribution >= 4 is 27.5 Å². The standard InChI is InChI=1S/C36H40FN3O4S/c1-25(2)38-36(42)34(22-29-11-7-6-8-12-29)39(23-30-13-9-10-14-32(30)37)35(41)24-40(33-20-17-27(4)21-28(33)5)45(43,44)31-18-15-26(3)16-19-31/h6-21,25,34H,22-24H2,1-5H3,(H,38,42). The molecule has 45 heavy (non-hydrogen) atoms. The number of halogens is 1. The summed E-state index contributed by atoms with van der Waals surface area (Å²) in [5, 5.41) is 2.90. The molecule has 0 fully saturated rings. The lowest BCUT2D eigenvalue weighted by molar-refractivity contribution is -0.140. The van der Waals surface area contributed by atoms with E-state index in [9.17, 15) is 18.0 Å². The van der Waals surface area contributed by atoms with E-state index < -0.39 is 40.2 Å². The molecule has 0 aliphatic carbocycles. The van der Waals surface area contributed by atoms with Gasteiger partial charge >= 0.3 is 0 Å². The third kappa shape index (κ3) is 8.36. The summed E-state index contributed by atoms with van der Waals surface area (Å²) in [5.74, 6) is -1.59. The van der Waals surface area contributed by atoms with Crippen molar-refractivity contribution in [1.29, 1.82) is 0 Å². The van der Waals surface area contributed by atoms with E-state index in [1.165, 1.54) is 23.1 Å². The number of aryl methyl sites for hydroxylation is 3. The van der Waals surface area contributed by atoms with Gasteiger partial charge in [0.15, 0.2) is 0 Å². The molecule has 1 atom stereocenters. The molecule has 4 aromatic carbocycles. The largest absolute Gasteiger partial charge is 0.352 e. The molecule has 7 nitrogen and oxygen atoms in total. The molecular weight excluding hydrogens is 589 g/mol. The Morgan fingerprint density at radius 1 is 0.822 bits per heavy atom. The molecule has 0 bridgehead atoms. The molecule has 0 saturated heterocycles. The average molecular weight is 630 g/mol. The van der Waals surface area contributed by atoms with Crippen LogP contribution in [0.25, 0.3) is 0 Å². The highest BCUT2D eigenvalue weighted by molar-refractivity contribution is 7.92. The molecule has 1 unspecified atom stereocenters. The Balaban J connectivity index is 1.84. The monoisotopic (exact) mass is 629 g/mol. The number of amides is 2. The lowest BCUT2D eigenvalue weighted by Gasteiger charge is -2.34. The fraction of sp³-hybridized carbons (Fsp3) is 0.278. The highest BCUT2D eigenvalue weighted by Crippen LogP contribution is 2.29. The van der Waals surface area contributed by atoms with Crippen LogP contribution in [0, 0.1) is 26.6 Å². The predicted molar refractivity (Wildman–Crippen MR) is 176 cm³/mol. The van der Waals surface area contributed by atoms with Crippen molar-refractivity contribution in [3.63, 3.8) is 0 Å². The van der Waals surface area contributed by atoms with Gasteiger partial charge in [-0.3, -0.25) is 13.9 Å². The number of nitrogens with one attached hydrogen (secondary N) is 1. The van der Waals surface area contributed by atoms with E-state index in [-0.39, 0.29) is 29.5 Å². The molecule has 2 amide bonds. The van der Waals surface area contributed by atoms with Gasteiger partial charge in [0, 0.05) is 24.6 Å². The zero-order valence-electron chi connectivity index (χ0n) is 26.3. The summed E-state index contributed by atoms with van der Waals surface area (Å²) in [6, 6.07) is 25.8. The van der Waals surface area contributed by atoms with Gasteiger partial charge in [0.25, 0.3) is 10.0 Å². The van der Waals surface area contributed by atoms with Crippen LogP contribution in [0.5, 0.6) is 0 Å². The minimum Gasteiger partial charge on any atom is -0.352 e. The molecule has 236 valence electrons. The Labute approximate surface area is 265 Å². The number of rotatable bonds is 12. The normalized spacial score (nSPS) is 12.1. The third-order valence-electron chi connectivity index (χ3n) is 7.51. The average Bonchev–Trinajstić information content (AvgIpc) is 2.99. The summed E-state index contributed by atoms with van der Waals surface area (Å²) in [6.07, 6.45) is 0.147. The smallest absolute Gasteiger partial charge is 0.264 e. The first-order valence-corrected chi connectivity index (χ1v) is 16.3. The molecule has 1 N–H and O–H groups in total. The Bertz CT molecular complexity index is 1740. The topological polar surface area (TPSA) is 86.8 Å². The number of nitrogens with zero attached hydrogens (tertiary/aromatic N) is 2. The van der Waals surface area contributed by atoms with E-state index in [1.807, 2.05) is 64.1 Å². The van der Waals surface area contributed by atoms with Crippen molar-refractivity contribution < 1.29 is 22.4 Å². The number of carbonyl (C=O) groups is 2. The molecule has 0 heterocycles. The number of benzene rings is 4. The van der Waals surface area contributed by atoms with E-state index in [1.54, 1.807) is 49.4 Å². The van der Waals surface area contributed by atoms with Crippen molar-refractivity contribution in [2.45, 2.75) is 64.6 Å². The second-order valence-corrected chi connectivity index (χ2v) is 13.5. The summed E-state index contributed by atoms with van der Waals surface area (Å²) in [6.45, 7) is 8.34. The number of anilines is 1. The van der Waals surface area contributed by atoms with Gasteiger partial charge in [-0.25, -0.2) is 12.8 Å². The molecule has 0 aliphatic heterocycles. The van der Waals surface area contributed by atoms with E-state index in [4.69, 9.17) is 0 Å². The fourth-order valence-corrected chi connectivity index (χ4v) is 6.66. The first kappa shape index (κ1) is 33.4. The molecule has 0 radical (unpaired) electrons. The van der Waals surface area contributed by atoms with Crippen LogP contribution in [0.3, 0.4) is 0 Å². The molecule has 0 aliphatic rings. The van der Waals surface area contributed by atoms with E-state index in [2.05, 4.69) is 5.32 Å². The van der Waals surface area contributed by atoms with Crippen LogP contribution in [0.2, 0.25) is 0 Å². The van der Waals surface area contributed by atoms with Gasteiger partial charge in [-0.15, -0.1) is 0 Å². The molecule has 4 rings (SSSR count). The maximum Gasteiger partial charge on any atom is 0.264 e. The van der Waals surface area contributed by atoms with Gasteiger partial charge < -0.3 is 10.2 Å². The summed E-state index contributed by atoms with van der Waals surface area (Å²) >= 11 is 0. The summed E-state index contributed by atoms with van der Waals surface area (Å²) in [4.78, 5) is 29.6. The number of sulfonamides is 1. The van der Waals surface area contributed by atoms with Gasteiger partial charge in [-0.2, -0.15) is 0 Å². The highest BCUT2D eigenvalue weighted by Gasteiger charge is 2.35. The van der Waals surface area contributed by atoms with Crippen LogP contribution in [0.1, 0.15) is 41.7 Å². The van der Waals surface area contributed by atoms with Gasteiger partial charge in [0.2, 0.25) is 11.8 Å². The zero-order chi connectivity index (χ0) is 32.7. The summed E-state index contributed by atoms with van der Waals surface area (Å²) in [5.41, 5.74) is 3.83. The van der Waals surface area contributed by atoms with Crippen molar-refractivity contribution in [3.8, 4) is 0 Å². The fourth-order valence-electron chi connectivity index (χ4n) is 5.18. The predicted octanol–water partition coefficient (Wildman–Crippen LogP) is 6.11. The van der Waals surface area contributed by atoms with E-state index >= 15 is 4.39 Å². The quantitative estimate of drug-likeness (QED) is 0.205. The first-order valence-electron chi connectivity index (χ1n) is 14.9. The molecule has 4 aromatic rings. The van der Waals surface area contributed by atoms with Crippen LogP contribution in [-0.4, -0.2) is 43.8 Å². The van der Waals surface area contributed by atoms with Crippen molar-refractivity contribution in [2.75, 3.05) is 10.8 Å². The second kappa shape index (κ2) is 14.5. The number of hydrogen-bond acceptors (Lipinski definition) is 4. The maximum atomic E-state index is 15.0. The van der Waals surface area contributed by atoms with Crippen LogP contribution in [-0.2, 0) is 32.6 Å². The van der Waals surface area contributed by atoms with Crippen LogP contribution in [0.15, 0.2) is 102 Å². The summed E-state index contributed by atoms with van der Waals surface area (Å²) < 4.78 is 44.5. The van der Waals surface area contributed by atoms with Crippen LogP contribution >= 0.6 is 0 Å². The highest BCUT2D eigenvalue weighted by atomic mass is 32.2. The molecule has 0 aromatic heterocycles. The van der Waals surface area contributed by atoms with Crippen LogP contribution in [0.4, 0.5) is 10.1 Å². The molecule has 0 saturated carbocycles. The number of hydrogen-bond donors (Lipinski definition) is 1. The van der Waals surface area contributed by atoms with Crippen molar-refractivity contribution in [2.24, 2.45) is 0 Å². The van der Waals surface area contributed by atoms with E-state index in [0.29, 0.717) is 11.3 Å². The third-order valence-corrected chi connectivity index (χ3v) is 9.28. The Kier molecular flexibility index (Phi) is 10.8. The summed E-state index contributed by atoms with van der Waals surface area (Å²) in [7, 11) is -4.23. The number of carbonyl (C=O) groups excluding carboxylic acids is 2. The second-order valence-electron chi connectivity index (χ2n) is 11.6. The Morgan fingerprint density at radius 2 is 1.44 bits per heavy atom. The van der Waals surface area contributed by atoms with Crippen molar-refractivity contribution in [3.05, 3.63) is 131 Å². The SMILES string of the molecule is Cc1ccc(S(=O)(=O)N(CC(=O)N(Cc2ccccc2F)C(Cc2ccccc2)C(=O)NC(C)C)c2ccc(C)cc2C)cc1. The first-order chi connectivity index (χ1) is 21.4. The minimum atomic E-state index is -4.23.